The Balaban J connectivity index is 1.41. The molecule has 1 saturated heterocycles. The van der Waals surface area contributed by atoms with E-state index in [0.29, 0.717) is 42.1 Å². The summed E-state index contributed by atoms with van der Waals surface area (Å²) in [4.78, 5) is 39.3. The Kier molecular flexibility index (Phi) is 7.74. The molecular weight excluding hydrogens is 494 g/mol. The van der Waals surface area contributed by atoms with Gasteiger partial charge in [-0.05, 0) is 55.9 Å². The number of para-hydroxylation sites is 1. The fourth-order valence-corrected chi connectivity index (χ4v) is 4.97. The molecular formula is C29H33N7O3. The van der Waals surface area contributed by atoms with Gasteiger partial charge in [0.15, 0.2) is 11.5 Å². The first-order valence-corrected chi connectivity index (χ1v) is 13.2. The Bertz CT molecular complexity index is 1520. The van der Waals surface area contributed by atoms with Gasteiger partial charge < -0.3 is 20.3 Å². The van der Waals surface area contributed by atoms with E-state index in [4.69, 9.17) is 10.5 Å². The Hall–Kier alpha value is -4.44. The van der Waals surface area contributed by atoms with Gasteiger partial charge in [-0.3, -0.25) is 13.9 Å². The predicted molar refractivity (Wildman–Crippen MR) is 151 cm³/mol. The maximum absolute atomic E-state index is 13.8. The van der Waals surface area contributed by atoms with E-state index >= 15 is 0 Å². The molecule has 10 nitrogen and oxygen atoms in total. The summed E-state index contributed by atoms with van der Waals surface area (Å²) in [5, 5.41) is 0. The van der Waals surface area contributed by atoms with Crippen LogP contribution in [0.3, 0.4) is 0 Å². The molecule has 0 spiro atoms. The van der Waals surface area contributed by atoms with Crippen LogP contribution in [0.1, 0.15) is 26.3 Å². The van der Waals surface area contributed by atoms with E-state index in [0.717, 1.165) is 25.4 Å². The maximum Gasteiger partial charge on any atom is 0.335 e. The van der Waals surface area contributed by atoms with Crippen LogP contribution >= 0.6 is 0 Å². The summed E-state index contributed by atoms with van der Waals surface area (Å²) >= 11 is 0. The van der Waals surface area contributed by atoms with Gasteiger partial charge in [-0.25, -0.2) is 14.8 Å². The van der Waals surface area contributed by atoms with Crippen LogP contribution in [0, 0.1) is 0 Å². The zero-order chi connectivity index (χ0) is 27.4. The van der Waals surface area contributed by atoms with Crippen LogP contribution in [0.25, 0.3) is 16.9 Å². The van der Waals surface area contributed by atoms with E-state index in [1.165, 1.54) is 10.9 Å². The molecule has 0 saturated carbocycles. The first kappa shape index (κ1) is 26.2. The van der Waals surface area contributed by atoms with Crippen molar-refractivity contribution in [2.45, 2.75) is 26.3 Å². The van der Waals surface area contributed by atoms with Gasteiger partial charge in [0.2, 0.25) is 5.91 Å². The lowest BCUT2D eigenvalue weighted by molar-refractivity contribution is -0.125. The highest BCUT2D eigenvalue weighted by Gasteiger charge is 2.31. The first-order chi connectivity index (χ1) is 19.0. The maximum atomic E-state index is 13.8. The smallest absolute Gasteiger partial charge is 0.335 e. The van der Waals surface area contributed by atoms with E-state index in [1.807, 2.05) is 36.4 Å². The van der Waals surface area contributed by atoms with E-state index in [1.54, 1.807) is 39.8 Å². The van der Waals surface area contributed by atoms with Gasteiger partial charge in [-0.1, -0.05) is 38.1 Å². The molecule has 0 aliphatic carbocycles. The molecule has 5 rings (SSSR count). The van der Waals surface area contributed by atoms with Crippen molar-refractivity contribution in [1.82, 2.24) is 28.9 Å². The summed E-state index contributed by atoms with van der Waals surface area (Å²) in [6.07, 6.45) is 5.54. The van der Waals surface area contributed by atoms with Crippen molar-refractivity contribution in [3.8, 4) is 17.2 Å². The third kappa shape index (κ3) is 5.42. The number of hydrogen-bond acceptors (Lipinski definition) is 7. The lowest BCUT2D eigenvalue weighted by atomic mass is 10.2. The number of benzene rings is 2. The van der Waals surface area contributed by atoms with Crippen molar-refractivity contribution >= 4 is 22.9 Å². The lowest BCUT2D eigenvalue weighted by Gasteiger charge is -2.16. The number of ether oxygens (including phenoxy) is 1. The van der Waals surface area contributed by atoms with Gasteiger partial charge in [-0.15, -0.1) is 0 Å². The highest BCUT2D eigenvalue weighted by molar-refractivity contribution is 5.88. The van der Waals surface area contributed by atoms with Crippen LogP contribution in [0.2, 0.25) is 0 Å². The summed E-state index contributed by atoms with van der Waals surface area (Å²) < 4.78 is 9.08. The Morgan fingerprint density at radius 1 is 1.08 bits per heavy atom. The van der Waals surface area contributed by atoms with Crippen LogP contribution < -0.4 is 16.2 Å². The second-order valence-corrected chi connectivity index (χ2v) is 9.44. The number of nitrogen functional groups attached to an aromatic ring is 1. The Morgan fingerprint density at radius 2 is 1.79 bits per heavy atom. The van der Waals surface area contributed by atoms with Gasteiger partial charge >= 0.3 is 5.69 Å². The number of hydrogen-bond donors (Lipinski definition) is 1. The van der Waals surface area contributed by atoms with Crippen molar-refractivity contribution in [3.05, 3.63) is 83.6 Å². The van der Waals surface area contributed by atoms with Crippen LogP contribution in [0.4, 0.5) is 5.82 Å². The van der Waals surface area contributed by atoms with Crippen LogP contribution in [-0.4, -0.2) is 67.5 Å². The minimum absolute atomic E-state index is 0.0513. The van der Waals surface area contributed by atoms with E-state index < -0.39 is 0 Å². The molecule has 4 aromatic rings. The van der Waals surface area contributed by atoms with Crippen molar-refractivity contribution in [2.24, 2.45) is 0 Å². The van der Waals surface area contributed by atoms with Gasteiger partial charge in [-0.2, -0.15) is 0 Å². The zero-order valence-corrected chi connectivity index (χ0v) is 22.2. The second-order valence-electron chi connectivity index (χ2n) is 9.44. The van der Waals surface area contributed by atoms with E-state index in [-0.39, 0.29) is 23.5 Å². The summed E-state index contributed by atoms with van der Waals surface area (Å²) in [7, 11) is 0. The first-order valence-electron chi connectivity index (χ1n) is 13.2. The fourth-order valence-electron chi connectivity index (χ4n) is 4.97. The fraction of sp³-hybridized carbons (Fsp3) is 0.310. The standard InChI is InChI=1S/C29H33N7O3/c1-3-33(4-2)17-8-11-25(37)34-18-16-22(19-34)36-28-26(27(30)31-20-32-28)35(29(36)38)21-12-14-24(15-13-21)39-23-9-6-5-7-10-23/h5-15,20,22H,3-4,16-19H2,1-2H3,(H2,30,31,32)/b11-8+/t22-/m0/s1. The molecule has 0 radical (unpaired) electrons. The highest BCUT2D eigenvalue weighted by Crippen LogP contribution is 2.28. The Labute approximate surface area is 226 Å². The number of nitrogens with two attached hydrogens (primary N) is 1. The number of carbonyl (C=O) groups is 1. The summed E-state index contributed by atoms with van der Waals surface area (Å²) in [5.74, 6) is 1.53. The third-order valence-electron chi connectivity index (χ3n) is 7.11. The largest absolute Gasteiger partial charge is 0.457 e. The molecule has 0 unspecified atom stereocenters. The number of anilines is 1. The number of likely N-dealkylation sites (tertiary alicyclic amines) is 1. The molecule has 2 aromatic carbocycles. The number of imidazole rings is 1. The van der Waals surface area contributed by atoms with Crippen LogP contribution in [-0.2, 0) is 4.79 Å². The third-order valence-corrected chi connectivity index (χ3v) is 7.11. The summed E-state index contributed by atoms with van der Waals surface area (Å²) in [5.41, 5.74) is 7.51. The number of nitrogens with zero attached hydrogens (tertiary/aromatic N) is 6. The van der Waals surface area contributed by atoms with Gasteiger partial charge in [0, 0.05) is 25.7 Å². The second kappa shape index (κ2) is 11.5. The molecule has 39 heavy (non-hydrogen) atoms. The Morgan fingerprint density at radius 3 is 2.51 bits per heavy atom. The molecule has 1 atom stereocenters. The average molecular weight is 528 g/mol. The monoisotopic (exact) mass is 527 g/mol. The van der Waals surface area contributed by atoms with Crippen LogP contribution in [0.5, 0.6) is 11.5 Å². The minimum Gasteiger partial charge on any atom is -0.457 e. The molecule has 1 amide bonds. The molecule has 10 heteroatoms. The summed E-state index contributed by atoms with van der Waals surface area (Å²) in [6.45, 7) is 7.77. The molecule has 1 fully saturated rings. The molecule has 3 heterocycles. The normalized spacial score (nSPS) is 15.6. The van der Waals surface area contributed by atoms with Crippen molar-refractivity contribution in [1.29, 1.82) is 0 Å². The zero-order valence-electron chi connectivity index (χ0n) is 22.2. The van der Waals surface area contributed by atoms with Crippen LogP contribution in [0.15, 0.2) is 77.9 Å². The number of amides is 1. The van der Waals surface area contributed by atoms with E-state index in [2.05, 4.69) is 28.7 Å². The lowest BCUT2D eigenvalue weighted by Crippen LogP contribution is -2.31. The number of fused-ring (bicyclic) bond motifs is 1. The number of rotatable bonds is 9. The number of carbonyl (C=O) groups excluding carboxylic acids is 1. The molecule has 202 valence electrons. The molecule has 0 bridgehead atoms. The van der Waals surface area contributed by atoms with Gasteiger partial charge in [0.1, 0.15) is 23.3 Å². The topological polar surface area (TPSA) is 112 Å². The van der Waals surface area contributed by atoms with Gasteiger partial charge in [0.25, 0.3) is 0 Å². The molecule has 2 N–H and O–H groups in total. The van der Waals surface area contributed by atoms with Crippen molar-refractivity contribution in [2.75, 3.05) is 38.5 Å². The SMILES string of the molecule is CCN(CC)C/C=C/C(=O)N1CC[C@H](n2c(=O)n(-c3ccc(Oc4ccccc4)cc3)c3c(N)ncnc32)C1. The summed E-state index contributed by atoms with van der Waals surface area (Å²) in [6, 6.07) is 16.5. The van der Waals surface area contributed by atoms with Gasteiger partial charge in [0.05, 0.1) is 11.7 Å². The molecule has 1 aliphatic rings. The average Bonchev–Trinajstić information content (AvgIpc) is 3.55. The van der Waals surface area contributed by atoms with Crippen molar-refractivity contribution < 1.29 is 9.53 Å². The highest BCUT2D eigenvalue weighted by atomic mass is 16.5. The molecule has 2 aromatic heterocycles. The van der Waals surface area contributed by atoms with E-state index in [9.17, 15) is 9.59 Å². The number of likely N-dealkylation sites (N-methyl/N-ethyl adjacent to an activating group) is 1. The quantitative estimate of drug-likeness (QED) is 0.331. The predicted octanol–water partition coefficient (Wildman–Crippen LogP) is 3.63. The molecule has 1 aliphatic heterocycles. The minimum atomic E-state index is -0.273. The number of aromatic nitrogens is 4. The van der Waals surface area contributed by atoms with Crippen molar-refractivity contribution in [3.63, 3.8) is 0 Å².